The van der Waals surface area contributed by atoms with Crippen LogP contribution in [0.15, 0.2) is 18.5 Å². The molecule has 0 bridgehead atoms. The molecule has 0 aromatic carbocycles. The lowest BCUT2D eigenvalue weighted by Crippen LogP contribution is -2.25. The Morgan fingerprint density at radius 1 is 1.41 bits per heavy atom. The van der Waals surface area contributed by atoms with Gasteiger partial charge < -0.3 is 4.74 Å². The minimum atomic E-state index is -0.283. The molecule has 1 saturated heterocycles. The number of hydrogen-bond donors (Lipinski definition) is 0. The fraction of sp³-hybridized carbons (Fsp3) is 0.467. The van der Waals surface area contributed by atoms with E-state index < -0.39 is 0 Å². The van der Waals surface area contributed by atoms with Gasteiger partial charge in [0.05, 0.1) is 18.8 Å². The molecule has 2 aromatic heterocycles. The number of aromatic nitrogens is 4. The molecular formula is C15H17N5O2. The molecular weight excluding hydrogens is 282 g/mol. The van der Waals surface area contributed by atoms with Gasteiger partial charge in [-0.25, -0.2) is 14.5 Å². The number of hydrogen-bond acceptors (Lipinski definition) is 5. The Kier molecular flexibility index (Phi) is 3.06. The Bertz CT molecular complexity index is 722. The van der Waals surface area contributed by atoms with Crippen molar-refractivity contribution in [1.82, 2.24) is 24.6 Å². The van der Waals surface area contributed by atoms with E-state index in [0.29, 0.717) is 25.6 Å². The third-order valence-corrected chi connectivity index (χ3v) is 4.03. The van der Waals surface area contributed by atoms with Crippen LogP contribution in [0.25, 0.3) is 5.69 Å². The monoisotopic (exact) mass is 299 g/mol. The predicted octanol–water partition coefficient (Wildman–Crippen LogP) is 1.80. The number of nitrogens with zero attached hydrogens (tertiary/aromatic N) is 5. The van der Waals surface area contributed by atoms with Crippen LogP contribution in [0.1, 0.15) is 36.0 Å². The van der Waals surface area contributed by atoms with Crippen LogP contribution < -0.4 is 0 Å². The van der Waals surface area contributed by atoms with Crippen molar-refractivity contribution in [2.45, 2.75) is 32.2 Å². The lowest BCUT2D eigenvalue weighted by molar-refractivity contribution is 0.156. The van der Waals surface area contributed by atoms with Crippen molar-refractivity contribution in [3.63, 3.8) is 0 Å². The first kappa shape index (κ1) is 13.2. The average Bonchev–Trinajstić information content (AvgIpc) is 3.17. The molecule has 114 valence electrons. The molecule has 2 fully saturated rings. The molecule has 0 atom stereocenters. The Balaban J connectivity index is 1.72. The van der Waals surface area contributed by atoms with E-state index in [1.165, 1.54) is 0 Å². The van der Waals surface area contributed by atoms with Crippen LogP contribution >= 0.6 is 0 Å². The number of cyclic esters (lactones) is 1. The van der Waals surface area contributed by atoms with Gasteiger partial charge in [-0.05, 0) is 31.4 Å². The van der Waals surface area contributed by atoms with E-state index in [-0.39, 0.29) is 6.09 Å². The largest absolute Gasteiger partial charge is 0.448 e. The average molecular weight is 299 g/mol. The van der Waals surface area contributed by atoms with E-state index >= 15 is 0 Å². The summed E-state index contributed by atoms with van der Waals surface area (Å²) in [7, 11) is 0. The smallest absolute Gasteiger partial charge is 0.410 e. The van der Waals surface area contributed by atoms with Crippen molar-refractivity contribution in [3.8, 4) is 5.69 Å². The summed E-state index contributed by atoms with van der Waals surface area (Å²) >= 11 is 0. The van der Waals surface area contributed by atoms with Gasteiger partial charge in [0.25, 0.3) is 0 Å². The van der Waals surface area contributed by atoms with E-state index in [2.05, 4.69) is 15.1 Å². The zero-order chi connectivity index (χ0) is 15.1. The molecule has 7 nitrogen and oxygen atoms in total. The molecule has 0 N–H and O–H groups in total. The number of pyridine rings is 1. The van der Waals surface area contributed by atoms with Gasteiger partial charge in [-0.1, -0.05) is 0 Å². The first-order valence-electron chi connectivity index (χ1n) is 7.51. The predicted molar refractivity (Wildman–Crippen MR) is 77.6 cm³/mol. The normalized spacial score (nSPS) is 17.9. The first-order chi connectivity index (χ1) is 10.7. The van der Waals surface area contributed by atoms with E-state index in [0.717, 1.165) is 35.7 Å². The zero-order valence-electron chi connectivity index (χ0n) is 12.4. The molecule has 2 aliphatic rings. The Labute approximate surface area is 127 Å². The fourth-order valence-corrected chi connectivity index (χ4v) is 2.62. The highest BCUT2D eigenvalue weighted by molar-refractivity contribution is 5.69. The summed E-state index contributed by atoms with van der Waals surface area (Å²) in [6.07, 6.45) is 5.56. The highest BCUT2D eigenvalue weighted by Crippen LogP contribution is 2.38. The van der Waals surface area contributed by atoms with E-state index in [9.17, 15) is 4.79 Å². The summed E-state index contributed by atoms with van der Waals surface area (Å²) < 4.78 is 6.84. The van der Waals surface area contributed by atoms with Gasteiger partial charge in [0.2, 0.25) is 0 Å². The van der Waals surface area contributed by atoms with Gasteiger partial charge in [0, 0.05) is 18.3 Å². The zero-order valence-corrected chi connectivity index (χ0v) is 12.4. The van der Waals surface area contributed by atoms with Crippen molar-refractivity contribution in [3.05, 3.63) is 35.7 Å². The van der Waals surface area contributed by atoms with Gasteiger partial charge in [-0.3, -0.25) is 9.88 Å². The maximum atomic E-state index is 11.7. The standard InChI is InChI=1S/C15H17N5O2/c1-10-8-16-5-4-12(10)20-13(9-19-6-7-22-15(19)21)17-14(18-20)11-2-3-11/h4-5,8,11H,2-3,6-7,9H2,1H3. The number of amides is 1. The Hall–Kier alpha value is -2.44. The molecule has 1 aliphatic carbocycles. The van der Waals surface area contributed by atoms with E-state index in [1.807, 2.05) is 23.9 Å². The van der Waals surface area contributed by atoms with Crippen molar-refractivity contribution in [2.75, 3.05) is 13.2 Å². The van der Waals surface area contributed by atoms with Gasteiger partial charge in [-0.2, -0.15) is 5.10 Å². The van der Waals surface area contributed by atoms with Gasteiger partial charge in [0.15, 0.2) is 11.6 Å². The summed E-state index contributed by atoms with van der Waals surface area (Å²) in [6, 6.07) is 1.92. The molecule has 7 heteroatoms. The SMILES string of the molecule is Cc1cnccc1-n1nc(C2CC2)nc1CN1CCOC1=O. The molecule has 0 radical (unpaired) electrons. The lowest BCUT2D eigenvalue weighted by atomic mass is 10.2. The summed E-state index contributed by atoms with van der Waals surface area (Å²) in [5, 5.41) is 4.67. The molecule has 4 rings (SSSR count). The number of rotatable bonds is 4. The van der Waals surface area contributed by atoms with Gasteiger partial charge in [-0.15, -0.1) is 0 Å². The van der Waals surface area contributed by atoms with E-state index in [1.54, 1.807) is 11.1 Å². The second-order valence-corrected chi connectivity index (χ2v) is 5.77. The molecule has 1 amide bonds. The molecule has 22 heavy (non-hydrogen) atoms. The number of carbonyl (C=O) groups excluding carboxylic acids is 1. The number of ether oxygens (including phenoxy) is 1. The van der Waals surface area contributed by atoms with Gasteiger partial charge >= 0.3 is 6.09 Å². The fourth-order valence-electron chi connectivity index (χ4n) is 2.62. The summed E-state index contributed by atoms with van der Waals surface area (Å²) in [5.41, 5.74) is 1.98. The topological polar surface area (TPSA) is 73.1 Å². The highest BCUT2D eigenvalue weighted by Gasteiger charge is 2.31. The minimum absolute atomic E-state index is 0.283. The van der Waals surface area contributed by atoms with Crippen molar-refractivity contribution in [2.24, 2.45) is 0 Å². The van der Waals surface area contributed by atoms with Crippen LogP contribution in [0.3, 0.4) is 0 Å². The third kappa shape index (κ3) is 2.32. The van der Waals surface area contributed by atoms with Crippen molar-refractivity contribution < 1.29 is 9.53 Å². The number of aryl methyl sites for hydroxylation is 1. The van der Waals surface area contributed by atoms with Crippen LogP contribution in [-0.2, 0) is 11.3 Å². The lowest BCUT2D eigenvalue weighted by Gasteiger charge is -2.13. The quantitative estimate of drug-likeness (QED) is 0.860. The Morgan fingerprint density at radius 3 is 2.95 bits per heavy atom. The maximum Gasteiger partial charge on any atom is 0.410 e. The second kappa shape index (κ2) is 5.08. The van der Waals surface area contributed by atoms with Crippen molar-refractivity contribution >= 4 is 6.09 Å². The third-order valence-electron chi connectivity index (χ3n) is 4.03. The first-order valence-corrected chi connectivity index (χ1v) is 7.51. The summed E-state index contributed by atoms with van der Waals surface area (Å²) in [6.45, 7) is 3.45. The molecule has 1 aliphatic heterocycles. The minimum Gasteiger partial charge on any atom is -0.448 e. The Morgan fingerprint density at radius 2 is 2.27 bits per heavy atom. The van der Waals surface area contributed by atoms with Gasteiger partial charge in [0.1, 0.15) is 6.61 Å². The van der Waals surface area contributed by atoms with Crippen LogP contribution in [0.5, 0.6) is 0 Å². The molecule has 0 unspecified atom stereocenters. The number of carbonyl (C=O) groups is 1. The molecule has 2 aromatic rings. The maximum absolute atomic E-state index is 11.7. The highest BCUT2D eigenvalue weighted by atomic mass is 16.6. The summed E-state index contributed by atoms with van der Waals surface area (Å²) in [5.74, 6) is 2.11. The molecule has 1 saturated carbocycles. The van der Waals surface area contributed by atoms with Crippen LogP contribution in [0.4, 0.5) is 4.79 Å². The second-order valence-electron chi connectivity index (χ2n) is 5.77. The van der Waals surface area contributed by atoms with E-state index in [4.69, 9.17) is 4.74 Å². The van der Waals surface area contributed by atoms with Crippen LogP contribution in [0, 0.1) is 6.92 Å². The van der Waals surface area contributed by atoms with Crippen LogP contribution in [0.2, 0.25) is 0 Å². The molecule has 0 spiro atoms. The molecule has 3 heterocycles. The van der Waals surface area contributed by atoms with Crippen LogP contribution in [-0.4, -0.2) is 43.9 Å². The summed E-state index contributed by atoms with van der Waals surface area (Å²) in [4.78, 5) is 22.1. The van der Waals surface area contributed by atoms with Crippen molar-refractivity contribution in [1.29, 1.82) is 0 Å².